The van der Waals surface area contributed by atoms with Gasteiger partial charge in [0.25, 0.3) is 0 Å². The Morgan fingerprint density at radius 3 is 3.00 bits per heavy atom. The number of methoxy groups -OCH3 is 1. The minimum atomic E-state index is -0.208. The van der Waals surface area contributed by atoms with E-state index in [2.05, 4.69) is 10.3 Å². The van der Waals surface area contributed by atoms with Gasteiger partial charge >= 0.3 is 0 Å². The van der Waals surface area contributed by atoms with E-state index in [1.54, 1.807) is 25.4 Å². The normalized spacial score (nSPS) is 10.6. The lowest BCUT2D eigenvalue weighted by Gasteiger charge is -2.09. The molecule has 0 unspecified atom stereocenters. The van der Waals surface area contributed by atoms with Gasteiger partial charge in [-0.1, -0.05) is 18.2 Å². The summed E-state index contributed by atoms with van der Waals surface area (Å²) in [6, 6.07) is 6.70. The van der Waals surface area contributed by atoms with Crippen LogP contribution in [-0.4, -0.2) is 23.3 Å². The Morgan fingerprint density at radius 1 is 1.39 bits per heavy atom. The predicted octanol–water partition coefficient (Wildman–Crippen LogP) is 2.28. The number of ether oxygens (including phenoxy) is 1. The maximum atomic E-state index is 13.4. The van der Waals surface area contributed by atoms with Gasteiger partial charge in [-0.15, -0.1) is 0 Å². The molecule has 0 spiro atoms. The van der Waals surface area contributed by atoms with Crippen LogP contribution in [0.4, 0.5) is 10.3 Å². The quantitative estimate of drug-likeness (QED) is 0.853. The largest absolute Gasteiger partial charge is 0.383 e. The number of halogens is 1. The van der Waals surface area contributed by atoms with E-state index in [1.165, 1.54) is 6.07 Å². The molecule has 4 nitrogen and oxygen atoms in total. The molecule has 1 aromatic heterocycles. The standard InChI is InChI=1S/C13H16FN3O/c1-18-9-8-17-7-6-15-13(17)16-10-11-4-2-3-5-12(11)14/h2-7H,8-10H2,1H3,(H,15,16). The smallest absolute Gasteiger partial charge is 0.203 e. The Bertz CT molecular complexity index is 498. The van der Waals surface area contributed by atoms with E-state index < -0.39 is 0 Å². The molecule has 96 valence electrons. The summed E-state index contributed by atoms with van der Waals surface area (Å²) >= 11 is 0. The molecular formula is C13H16FN3O. The van der Waals surface area contributed by atoms with Crippen LogP contribution in [0.25, 0.3) is 0 Å². The van der Waals surface area contributed by atoms with Gasteiger partial charge in [0.05, 0.1) is 6.61 Å². The first-order chi connectivity index (χ1) is 8.81. The minimum absolute atomic E-state index is 0.208. The predicted molar refractivity (Wildman–Crippen MR) is 67.8 cm³/mol. The molecule has 0 atom stereocenters. The molecule has 18 heavy (non-hydrogen) atoms. The Morgan fingerprint density at radius 2 is 2.22 bits per heavy atom. The molecule has 0 saturated carbocycles. The Labute approximate surface area is 105 Å². The zero-order valence-corrected chi connectivity index (χ0v) is 10.3. The molecule has 0 aliphatic carbocycles. The number of rotatable bonds is 6. The Hall–Kier alpha value is -1.88. The van der Waals surface area contributed by atoms with Crippen LogP contribution in [0.15, 0.2) is 36.7 Å². The summed E-state index contributed by atoms with van der Waals surface area (Å²) in [5.74, 6) is 0.510. The van der Waals surface area contributed by atoms with Crippen molar-refractivity contribution in [1.29, 1.82) is 0 Å². The lowest BCUT2D eigenvalue weighted by Crippen LogP contribution is -2.10. The van der Waals surface area contributed by atoms with Crippen molar-refractivity contribution in [2.75, 3.05) is 19.0 Å². The topological polar surface area (TPSA) is 39.1 Å². The number of anilines is 1. The van der Waals surface area contributed by atoms with Gasteiger partial charge in [0.2, 0.25) is 5.95 Å². The number of nitrogens with zero attached hydrogens (tertiary/aromatic N) is 2. The number of benzene rings is 1. The number of hydrogen-bond acceptors (Lipinski definition) is 3. The molecule has 0 radical (unpaired) electrons. The van der Waals surface area contributed by atoms with Crippen molar-refractivity contribution in [1.82, 2.24) is 9.55 Å². The van der Waals surface area contributed by atoms with Crippen LogP contribution in [0, 0.1) is 5.82 Å². The highest BCUT2D eigenvalue weighted by Gasteiger charge is 2.04. The van der Waals surface area contributed by atoms with Crippen molar-refractivity contribution in [3.63, 3.8) is 0 Å². The molecule has 5 heteroatoms. The van der Waals surface area contributed by atoms with Gasteiger partial charge < -0.3 is 14.6 Å². The van der Waals surface area contributed by atoms with Crippen LogP contribution in [-0.2, 0) is 17.8 Å². The first kappa shape index (κ1) is 12.6. The molecule has 0 aliphatic heterocycles. The number of imidazole rings is 1. The van der Waals surface area contributed by atoms with Crippen LogP contribution in [0.1, 0.15) is 5.56 Å². The van der Waals surface area contributed by atoms with Crippen molar-refractivity contribution in [3.8, 4) is 0 Å². The van der Waals surface area contributed by atoms with Gasteiger partial charge in [-0.05, 0) is 6.07 Å². The first-order valence-corrected chi connectivity index (χ1v) is 5.78. The maximum absolute atomic E-state index is 13.4. The summed E-state index contributed by atoms with van der Waals surface area (Å²) in [7, 11) is 1.66. The zero-order valence-electron chi connectivity index (χ0n) is 10.3. The fourth-order valence-corrected chi connectivity index (χ4v) is 1.66. The highest BCUT2D eigenvalue weighted by molar-refractivity contribution is 5.29. The molecule has 1 aromatic carbocycles. The molecule has 0 bridgehead atoms. The fourth-order valence-electron chi connectivity index (χ4n) is 1.66. The van der Waals surface area contributed by atoms with Gasteiger partial charge in [-0.2, -0.15) is 0 Å². The molecule has 2 rings (SSSR count). The molecule has 0 saturated heterocycles. The average Bonchev–Trinajstić information content (AvgIpc) is 2.83. The number of aromatic nitrogens is 2. The SMILES string of the molecule is COCCn1ccnc1NCc1ccccc1F. The summed E-state index contributed by atoms with van der Waals surface area (Å²) in [6.07, 6.45) is 3.57. The van der Waals surface area contributed by atoms with Gasteiger partial charge in [-0.25, -0.2) is 9.37 Å². The molecule has 1 N–H and O–H groups in total. The van der Waals surface area contributed by atoms with Crippen LogP contribution in [0.2, 0.25) is 0 Å². The monoisotopic (exact) mass is 249 g/mol. The van der Waals surface area contributed by atoms with E-state index in [0.29, 0.717) is 18.7 Å². The molecule has 2 aromatic rings. The summed E-state index contributed by atoms with van der Waals surface area (Å²) in [4.78, 5) is 4.19. The summed E-state index contributed by atoms with van der Waals surface area (Å²) < 4.78 is 20.4. The van der Waals surface area contributed by atoms with Crippen LogP contribution >= 0.6 is 0 Å². The summed E-state index contributed by atoms with van der Waals surface area (Å²) in [5, 5.41) is 3.12. The highest BCUT2D eigenvalue weighted by atomic mass is 19.1. The second-order valence-corrected chi connectivity index (χ2v) is 3.88. The lowest BCUT2D eigenvalue weighted by atomic mass is 10.2. The molecule has 1 heterocycles. The van der Waals surface area contributed by atoms with Gasteiger partial charge in [0.15, 0.2) is 0 Å². The second-order valence-electron chi connectivity index (χ2n) is 3.88. The van der Waals surface area contributed by atoms with E-state index in [1.807, 2.05) is 16.8 Å². The molecule has 0 aliphatic rings. The minimum Gasteiger partial charge on any atom is -0.383 e. The lowest BCUT2D eigenvalue weighted by molar-refractivity contribution is 0.187. The van der Waals surface area contributed by atoms with Gasteiger partial charge in [-0.3, -0.25) is 0 Å². The van der Waals surface area contributed by atoms with Gasteiger partial charge in [0.1, 0.15) is 5.82 Å². The molecular weight excluding hydrogens is 233 g/mol. The van der Waals surface area contributed by atoms with Crippen molar-refractivity contribution >= 4 is 5.95 Å². The second kappa shape index (κ2) is 6.16. The van der Waals surface area contributed by atoms with E-state index in [9.17, 15) is 4.39 Å². The first-order valence-electron chi connectivity index (χ1n) is 5.78. The summed E-state index contributed by atoms with van der Waals surface area (Å²) in [5.41, 5.74) is 0.624. The Kier molecular flexibility index (Phi) is 4.30. The Balaban J connectivity index is 1.98. The van der Waals surface area contributed by atoms with Crippen LogP contribution in [0.5, 0.6) is 0 Å². The van der Waals surface area contributed by atoms with Crippen molar-refractivity contribution < 1.29 is 9.13 Å². The molecule has 0 fully saturated rings. The number of nitrogens with one attached hydrogen (secondary N) is 1. The van der Waals surface area contributed by atoms with Crippen molar-refractivity contribution in [2.45, 2.75) is 13.1 Å². The van der Waals surface area contributed by atoms with Crippen LogP contribution < -0.4 is 5.32 Å². The number of hydrogen-bond donors (Lipinski definition) is 1. The highest BCUT2D eigenvalue weighted by Crippen LogP contribution is 2.10. The zero-order chi connectivity index (χ0) is 12.8. The van der Waals surface area contributed by atoms with E-state index >= 15 is 0 Å². The third-order valence-electron chi connectivity index (χ3n) is 2.65. The summed E-state index contributed by atoms with van der Waals surface area (Å²) in [6.45, 7) is 1.75. The van der Waals surface area contributed by atoms with Crippen molar-refractivity contribution in [2.24, 2.45) is 0 Å². The third kappa shape index (κ3) is 3.07. The van der Waals surface area contributed by atoms with Gasteiger partial charge in [0, 0.05) is 38.2 Å². The fraction of sp³-hybridized carbons (Fsp3) is 0.308. The third-order valence-corrected chi connectivity index (χ3v) is 2.65. The maximum Gasteiger partial charge on any atom is 0.203 e. The van der Waals surface area contributed by atoms with E-state index in [0.717, 1.165) is 12.5 Å². The van der Waals surface area contributed by atoms with Crippen molar-refractivity contribution in [3.05, 3.63) is 48.0 Å². The van der Waals surface area contributed by atoms with E-state index in [4.69, 9.17) is 4.74 Å². The van der Waals surface area contributed by atoms with E-state index in [-0.39, 0.29) is 5.82 Å². The van der Waals surface area contributed by atoms with Crippen LogP contribution in [0.3, 0.4) is 0 Å². The molecule has 0 amide bonds. The average molecular weight is 249 g/mol.